The maximum atomic E-state index is 12.7. The Labute approximate surface area is 119 Å². The Bertz CT molecular complexity index is 608. The molecule has 0 radical (unpaired) electrons. The van der Waals surface area contributed by atoms with Gasteiger partial charge in [0.15, 0.2) is 0 Å². The summed E-state index contributed by atoms with van der Waals surface area (Å²) in [7, 11) is -3.70. The van der Waals surface area contributed by atoms with Gasteiger partial charge >= 0.3 is 0 Å². The van der Waals surface area contributed by atoms with Crippen LogP contribution in [0.2, 0.25) is 0 Å². The molecule has 1 fully saturated rings. The maximum Gasteiger partial charge on any atom is 0.244 e. The van der Waals surface area contributed by atoms with E-state index in [-0.39, 0.29) is 17.3 Å². The summed E-state index contributed by atoms with van der Waals surface area (Å²) in [4.78, 5) is 12.0. The SMILES string of the molecule is CC1(C)C(=O)NCCN1S(=O)(=O)c1ccc(CN)cc1. The van der Waals surface area contributed by atoms with Crippen LogP contribution in [0.5, 0.6) is 0 Å². The van der Waals surface area contributed by atoms with Crippen molar-refractivity contribution in [2.24, 2.45) is 5.73 Å². The summed E-state index contributed by atoms with van der Waals surface area (Å²) in [5, 5.41) is 2.68. The number of nitrogens with zero attached hydrogens (tertiary/aromatic N) is 1. The number of hydrogen-bond acceptors (Lipinski definition) is 4. The molecule has 0 atom stereocenters. The van der Waals surface area contributed by atoms with Crippen molar-refractivity contribution < 1.29 is 13.2 Å². The summed E-state index contributed by atoms with van der Waals surface area (Å²) in [6.07, 6.45) is 0. The third kappa shape index (κ3) is 2.44. The molecular formula is C13H19N3O3S. The second kappa shape index (κ2) is 5.16. The maximum absolute atomic E-state index is 12.7. The highest BCUT2D eigenvalue weighted by Crippen LogP contribution is 2.26. The number of benzene rings is 1. The summed E-state index contributed by atoms with van der Waals surface area (Å²) >= 11 is 0. The lowest BCUT2D eigenvalue weighted by molar-refractivity contribution is -0.131. The Morgan fingerprint density at radius 1 is 1.30 bits per heavy atom. The van der Waals surface area contributed by atoms with Gasteiger partial charge in [-0.05, 0) is 31.5 Å². The van der Waals surface area contributed by atoms with Gasteiger partial charge in [0.2, 0.25) is 15.9 Å². The van der Waals surface area contributed by atoms with Crippen LogP contribution < -0.4 is 11.1 Å². The molecule has 3 N–H and O–H groups in total. The first-order valence-corrected chi connectivity index (χ1v) is 7.84. The molecule has 6 nitrogen and oxygen atoms in total. The van der Waals surface area contributed by atoms with Crippen molar-refractivity contribution in [1.29, 1.82) is 0 Å². The van der Waals surface area contributed by atoms with E-state index in [4.69, 9.17) is 5.73 Å². The van der Waals surface area contributed by atoms with Crippen LogP contribution in [-0.2, 0) is 21.4 Å². The molecule has 1 aromatic rings. The van der Waals surface area contributed by atoms with Crippen LogP contribution in [-0.4, -0.2) is 37.3 Å². The first-order valence-electron chi connectivity index (χ1n) is 6.40. The Kier molecular flexibility index (Phi) is 3.86. The Morgan fingerprint density at radius 2 is 1.90 bits per heavy atom. The van der Waals surface area contributed by atoms with Crippen LogP contribution in [0.25, 0.3) is 0 Å². The summed E-state index contributed by atoms with van der Waals surface area (Å²) in [6, 6.07) is 6.42. The molecule has 7 heteroatoms. The minimum Gasteiger partial charge on any atom is -0.353 e. The first kappa shape index (κ1) is 15.0. The van der Waals surface area contributed by atoms with E-state index in [1.54, 1.807) is 26.0 Å². The largest absolute Gasteiger partial charge is 0.353 e. The van der Waals surface area contributed by atoms with Gasteiger partial charge in [-0.3, -0.25) is 4.79 Å². The van der Waals surface area contributed by atoms with E-state index in [0.29, 0.717) is 13.1 Å². The normalized spacial score (nSPS) is 19.6. The van der Waals surface area contributed by atoms with Gasteiger partial charge < -0.3 is 11.1 Å². The van der Waals surface area contributed by atoms with Crippen LogP contribution in [0.1, 0.15) is 19.4 Å². The molecule has 1 aromatic carbocycles. The summed E-state index contributed by atoms with van der Waals surface area (Å²) in [6.45, 7) is 4.15. The fourth-order valence-electron chi connectivity index (χ4n) is 2.23. The van der Waals surface area contributed by atoms with Crippen molar-refractivity contribution in [2.45, 2.75) is 30.8 Å². The molecule has 110 valence electrons. The quantitative estimate of drug-likeness (QED) is 0.824. The molecule has 1 amide bonds. The van der Waals surface area contributed by atoms with Gasteiger partial charge in [-0.25, -0.2) is 8.42 Å². The molecule has 20 heavy (non-hydrogen) atoms. The lowest BCUT2D eigenvalue weighted by Gasteiger charge is -2.39. The predicted molar refractivity (Wildman–Crippen MR) is 75.3 cm³/mol. The number of nitrogens with two attached hydrogens (primary N) is 1. The molecule has 0 spiro atoms. The summed E-state index contributed by atoms with van der Waals surface area (Å²) in [5.41, 5.74) is 5.27. The third-order valence-electron chi connectivity index (χ3n) is 3.53. The molecule has 1 aliphatic rings. The average molecular weight is 297 g/mol. The van der Waals surface area contributed by atoms with E-state index in [9.17, 15) is 13.2 Å². The smallest absolute Gasteiger partial charge is 0.244 e. The minimum atomic E-state index is -3.70. The lowest BCUT2D eigenvalue weighted by Crippen LogP contribution is -2.63. The van der Waals surface area contributed by atoms with Crippen LogP contribution in [0, 0.1) is 0 Å². The molecule has 1 aliphatic heterocycles. The number of nitrogens with one attached hydrogen (secondary N) is 1. The topological polar surface area (TPSA) is 92.5 Å². The van der Waals surface area contributed by atoms with Gasteiger partial charge in [0.1, 0.15) is 5.54 Å². The molecular weight excluding hydrogens is 278 g/mol. The first-order chi connectivity index (χ1) is 9.30. The van der Waals surface area contributed by atoms with E-state index >= 15 is 0 Å². The monoisotopic (exact) mass is 297 g/mol. The van der Waals surface area contributed by atoms with Crippen molar-refractivity contribution in [1.82, 2.24) is 9.62 Å². The zero-order valence-corrected chi connectivity index (χ0v) is 12.4. The fourth-order valence-corrected chi connectivity index (χ4v) is 3.98. The fraction of sp³-hybridized carbons (Fsp3) is 0.462. The van der Waals surface area contributed by atoms with Crippen LogP contribution in [0.4, 0.5) is 0 Å². The second-order valence-electron chi connectivity index (χ2n) is 5.24. The minimum absolute atomic E-state index is 0.178. The van der Waals surface area contributed by atoms with Crippen molar-refractivity contribution in [3.8, 4) is 0 Å². The highest BCUT2D eigenvalue weighted by atomic mass is 32.2. The molecule has 1 saturated heterocycles. The van der Waals surface area contributed by atoms with Crippen molar-refractivity contribution in [2.75, 3.05) is 13.1 Å². The highest BCUT2D eigenvalue weighted by Gasteiger charge is 2.44. The number of amides is 1. The van der Waals surface area contributed by atoms with E-state index in [1.807, 2.05) is 0 Å². The van der Waals surface area contributed by atoms with Crippen LogP contribution in [0.3, 0.4) is 0 Å². The Hall–Kier alpha value is -1.44. The molecule has 0 bridgehead atoms. The zero-order valence-electron chi connectivity index (χ0n) is 11.6. The Balaban J connectivity index is 2.40. The van der Waals surface area contributed by atoms with Crippen molar-refractivity contribution in [3.63, 3.8) is 0 Å². The molecule has 0 saturated carbocycles. The van der Waals surface area contributed by atoms with E-state index in [2.05, 4.69) is 5.32 Å². The van der Waals surface area contributed by atoms with Crippen molar-refractivity contribution in [3.05, 3.63) is 29.8 Å². The van der Waals surface area contributed by atoms with Gasteiger partial charge in [-0.2, -0.15) is 4.31 Å². The molecule has 0 aromatic heterocycles. The average Bonchev–Trinajstić information content (AvgIpc) is 2.41. The number of sulfonamides is 1. The highest BCUT2D eigenvalue weighted by molar-refractivity contribution is 7.89. The van der Waals surface area contributed by atoms with Crippen LogP contribution in [0.15, 0.2) is 29.2 Å². The van der Waals surface area contributed by atoms with Gasteiger partial charge in [0, 0.05) is 19.6 Å². The number of hydrogen-bond donors (Lipinski definition) is 2. The lowest BCUT2D eigenvalue weighted by atomic mass is 10.0. The molecule has 0 unspecified atom stereocenters. The van der Waals surface area contributed by atoms with Crippen molar-refractivity contribution >= 4 is 15.9 Å². The number of piperazine rings is 1. The number of carbonyl (C=O) groups excluding carboxylic acids is 1. The van der Waals surface area contributed by atoms with Gasteiger partial charge in [-0.1, -0.05) is 12.1 Å². The second-order valence-corrected chi connectivity index (χ2v) is 7.10. The molecule has 1 heterocycles. The van der Waals surface area contributed by atoms with Gasteiger partial charge in [-0.15, -0.1) is 0 Å². The summed E-state index contributed by atoms with van der Waals surface area (Å²) < 4.78 is 26.6. The standard InChI is InChI=1S/C13H19N3O3S/c1-13(2)12(17)15-7-8-16(13)20(18,19)11-5-3-10(9-14)4-6-11/h3-6H,7-9,14H2,1-2H3,(H,15,17). The predicted octanol–water partition coefficient (Wildman–Crippen LogP) is 0.0444. The number of carbonyl (C=O) groups is 1. The molecule has 0 aliphatic carbocycles. The van der Waals surface area contributed by atoms with E-state index in [1.165, 1.54) is 16.4 Å². The van der Waals surface area contributed by atoms with Gasteiger partial charge in [0.05, 0.1) is 4.90 Å². The van der Waals surface area contributed by atoms with E-state index in [0.717, 1.165) is 5.56 Å². The van der Waals surface area contributed by atoms with E-state index < -0.39 is 15.6 Å². The molecule has 2 rings (SSSR count). The Morgan fingerprint density at radius 3 is 2.45 bits per heavy atom. The zero-order chi connectivity index (χ0) is 15.0. The third-order valence-corrected chi connectivity index (χ3v) is 5.61. The van der Waals surface area contributed by atoms with Gasteiger partial charge in [0.25, 0.3) is 0 Å². The number of rotatable bonds is 3. The van der Waals surface area contributed by atoms with Crippen LogP contribution >= 0.6 is 0 Å². The summed E-state index contributed by atoms with van der Waals surface area (Å²) in [5.74, 6) is -0.286.